The van der Waals surface area contributed by atoms with Gasteiger partial charge in [-0.1, -0.05) is 63.3 Å². The van der Waals surface area contributed by atoms with E-state index in [4.69, 9.17) is 4.74 Å². The summed E-state index contributed by atoms with van der Waals surface area (Å²) in [4.78, 5) is 26.0. The first-order chi connectivity index (χ1) is 16.9. The van der Waals surface area contributed by atoms with E-state index in [2.05, 4.69) is 0 Å². The number of rotatable bonds is 4. The maximum Gasteiger partial charge on any atom is 0.331 e. The molecule has 7 heteroatoms. The molecule has 2 saturated carbocycles. The molecule has 7 nitrogen and oxygen atoms in total. The second-order valence-corrected chi connectivity index (χ2v) is 11.5. The largest absolute Gasteiger partial charge is 0.452 e. The van der Waals surface area contributed by atoms with Gasteiger partial charge in [-0.2, -0.15) is 0 Å². The lowest BCUT2D eigenvalue weighted by Crippen LogP contribution is -2.65. The summed E-state index contributed by atoms with van der Waals surface area (Å²) in [5, 5.41) is 45.6. The summed E-state index contributed by atoms with van der Waals surface area (Å²) in [7, 11) is 0. The Morgan fingerprint density at radius 3 is 2.47 bits per heavy atom. The number of aliphatic hydroxyl groups excluding tert-OH is 2. The van der Waals surface area contributed by atoms with Crippen molar-refractivity contribution >= 4 is 17.8 Å². The number of esters is 1. The number of Topliss-reactive ketones (excluding diaryl/α,β-unsaturated/α-hetero) is 1. The number of ketones is 1. The van der Waals surface area contributed by atoms with Crippen LogP contribution in [0.4, 0.5) is 0 Å². The van der Waals surface area contributed by atoms with Crippen molar-refractivity contribution in [3.63, 3.8) is 0 Å². The fourth-order valence-corrected chi connectivity index (χ4v) is 7.60. The van der Waals surface area contributed by atoms with Crippen molar-refractivity contribution in [3.8, 4) is 0 Å². The van der Waals surface area contributed by atoms with Gasteiger partial charge in [-0.15, -0.1) is 0 Å². The molecule has 4 aliphatic carbocycles. The highest BCUT2D eigenvalue weighted by Gasteiger charge is 2.86. The summed E-state index contributed by atoms with van der Waals surface area (Å²) in [6.07, 6.45) is 4.95. The monoisotopic (exact) mass is 494 g/mol. The lowest BCUT2D eigenvalue weighted by Gasteiger charge is -2.52. The van der Waals surface area contributed by atoms with Crippen molar-refractivity contribution in [3.05, 3.63) is 65.3 Å². The smallest absolute Gasteiger partial charge is 0.331 e. The van der Waals surface area contributed by atoms with Crippen LogP contribution in [0.1, 0.15) is 39.7 Å². The summed E-state index contributed by atoms with van der Waals surface area (Å²) in [5.74, 6) is -4.08. The molecule has 0 bridgehead atoms. The number of carbonyl (C=O) groups excluding carboxylic acids is 2. The van der Waals surface area contributed by atoms with Crippen LogP contribution >= 0.6 is 0 Å². The Balaban J connectivity index is 1.56. The van der Waals surface area contributed by atoms with Gasteiger partial charge in [0.15, 0.2) is 5.78 Å². The molecule has 0 radical (unpaired) electrons. The molecule has 36 heavy (non-hydrogen) atoms. The standard InChI is InChI=1S/C29H34O7/c1-16-12-21-27(34,24(16)32)14-19(15-30)13-20-23-26(3,4)29(23,25(33)17(2)28(20,21)35)36-22(31)11-10-18-8-6-5-7-9-18/h5-13,17,20-21,23,25,30,33-35H,14-15H2,1-4H3/b11-10+/t17-,20+,21-,23-,25-,27-,28-,29-/m1/s1. The maximum absolute atomic E-state index is 13.0. The Morgan fingerprint density at radius 1 is 1.17 bits per heavy atom. The molecule has 192 valence electrons. The molecule has 0 unspecified atom stereocenters. The fourth-order valence-electron chi connectivity index (χ4n) is 7.60. The van der Waals surface area contributed by atoms with Crippen LogP contribution in [0.2, 0.25) is 0 Å². The zero-order valence-corrected chi connectivity index (χ0v) is 21.0. The average molecular weight is 495 g/mol. The van der Waals surface area contributed by atoms with Gasteiger partial charge in [0.1, 0.15) is 11.2 Å². The third kappa shape index (κ3) is 3.06. The minimum atomic E-state index is -1.91. The summed E-state index contributed by atoms with van der Waals surface area (Å²) in [5.41, 5.74) is -3.99. The Labute approximate surface area is 210 Å². The van der Waals surface area contributed by atoms with Gasteiger partial charge in [0.25, 0.3) is 0 Å². The van der Waals surface area contributed by atoms with Crippen molar-refractivity contribution < 1.29 is 34.8 Å². The number of fused-ring (bicyclic) bond motifs is 5. The zero-order chi connectivity index (χ0) is 26.3. The predicted octanol–water partition coefficient (Wildman–Crippen LogP) is 2.19. The summed E-state index contributed by atoms with van der Waals surface area (Å²) < 4.78 is 6.03. The van der Waals surface area contributed by atoms with Crippen LogP contribution < -0.4 is 0 Å². The van der Waals surface area contributed by atoms with Crippen LogP contribution in [0.5, 0.6) is 0 Å². The third-order valence-corrected chi connectivity index (χ3v) is 9.48. The van der Waals surface area contributed by atoms with E-state index in [1.807, 2.05) is 44.2 Å². The van der Waals surface area contributed by atoms with Gasteiger partial charge in [-0.3, -0.25) is 4.79 Å². The Bertz CT molecular complexity index is 1200. The quantitative estimate of drug-likeness (QED) is 0.287. The fraction of sp³-hybridized carbons (Fsp3) is 0.517. The van der Waals surface area contributed by atoms with Crippen molar-refractivity contribution in [1.82, 2.24) is 0 Å². The lowest BCUT2D eigenvalue weighted by atomic mass is 9.59. The minimum absolute atomic E-state index is 0.109. The number of carbonyl (C=O) groups is 2. The minimum Gasteiger partial charge on any atom is -0.452 e. The zero-order valence-electron chi connectivity index (χ0n) is 21.0. The molecule has 1 aromatic carbocycles. The van der Waals surface area contributed by atoms with Crippen molar-refractivity contribution in [2.24, 2.45) is 29.1 Å². The highest BCUT2D eigenvalue weighted by molar-refractivity contribution is 6.04. The highest BCUT2D eigenvalue weighted by atomic mass is 16.6. The number of ether oxygens (including phenoxy) is 1. The lowest BCUT2D eigenvalue weighted by molar-refractivity contribution is -0.217. The van der Waals surface area contributed by atoms with Gasteiger partial charge in [-0.25, -0.2) is 4.79 Å². The Morgan fingerprint density at radius 2 is 1.83 bits per heavy atom. The Hall–Kier alpha value is -2.58. The van der Waals surface area contributed by atoms with E-state index in [1.165, 1.54) is 6.08 Å². The second-order valence-electron chi connectivity index (χ2n) is 11.5. The van der Waals surface area contributed by atoms with Crippen molar-refractivity contribution in [1.29, 1.82) is 0 Å². The SMILES string of the molecule is CC1=C[C@H]2[C@@]3(O)[C@H](C)[C@@H](O)[C@]4(OC(=O)/C=C/c5ccccc5)[C@H]([C@@H]3C=C(CO)C[C@]2(O)C1=O)C4(C)C. The molecular weight excluding hydrogens is 460 g/mol. The van der Waals surface area contributed by atoms with Gasteiger partial charge < -0.3 is 25.2 Å². The van der Waals surface area contributed by atoms with Gasteiger partial charge in [0.05, 0.1) is 18.3 Å². The predicted molar refractivity (Wildman–Crippen MR) is 132 cm³/mol. The van der Waals surface area contributed by atoms with Gasteiger partial charge in [0.2, 0.25) is 0 Å². The first kappa shape index (κ1) is 25.1. The topological polar surface area (TPSA) is 124 Å². The van der Waals surface area contributed by atoms with Gasteiger partial charge >= 0.3 is 5.97 Å². The summed E-state index contributed by atoms with van der Waals surface area (Å²) in [6, 6.07) is 9.31. The molecule has 0 saturated heterocycles. The molecule has 0 aromatic heterocycles. The van der Waals surface area contributed by atoms with E-state index in [9.17, 15) is 30.0 Å². The van der Waals surface area contributed by atoms with E-state index in [-0.39, 0.29) is 13.0 Å². The van der Waals surface area contributed by atoms with E-state index >= 15 is 0 Å². The van der Waals surface area contributed by atoms with Crippen LogP contribution in [0.3, 0.4) is 0 Å². The number of hydrogen-bond acceptors (Lipinski definition) is 7. The maximum atomic E-state index is 13.0. The van der Waals surface area contributed by atoms with Crippen LogP contribution in [0.15, 0.2) is 59.7 Å². The van der Waals surface area contributed by atoms with Crippen LogP contribution in [-0.4, -0.2) is 61.7 Å². The molecule has 0 heterocycles. The molecular formula is C29H34O7. The molecule has 1 aromatic rings. The number of hydrogen-bond donors (Lipinski definition) is 4. The molecule has 8 atom stereocenters. The van der Waals surface area contributed by atoms with E-state index < -0.39 is 63.7 Å². The normalized spacial score (nSPS) is 42.6. The molecule has 0 spiro atoms. The summed E-state index contributed by atoms with van der Waals surface area (Å²) >= 11 is 0. The highest BCUT2D eigenvalue weighted by Crippen LogP contribution is 2.76. The van der Waals surface area contributed by atoms with Gasteiger partial charge in [0, 0.05) is 41.6 Å². The Kier molecular flexibility index (Phi) is 5.54. The molecule has 5 rings (SSSR count). The first-order valence-corrected chi connectivity index (χ1v) is 12.5. The van der Waals surface area contributed by atoms with Crippen molar-refractivity contribution in [2.45, 2.75) is 57.0 Å². The van der Waals surface area contributed by atoms with E-state index in [0.29, 0.717) is 11.1 Å². The molecule has 0 amide bonds. The van der Waals surface area contributed by atoms with Crippen LogP contribution in [0.25, 0.3) is 6.08 Å². The number of aliphatic hydroxyl groups is 4. The van der Waals surface area contributed by atoms with E-state index in [1.54, 1.807) is 32.1 Å². The number of benzene rings is 1. The molecule has 0 aliphatic heterocycles. The third-order valence-electron chi connectivity index (χ3n) is 9.48. The molecule has 4 N–H and O–H groups in total. The van der Waals surface area contributed by atoms with Crippen LogP contribution in [0, 0.1) is 29.1 Å². The van der Waals surface area contributed by atoms with Crippen molar-refractivity contribution in [2.75, 3.05) is 6.61 Å². The summed E-state index contributed by atoms with van der Waals surface area (Å²) in [6.45, 7) is 6.66. The van der Waals surface area contributed by atoms with Crippen LogP contribution in [-0.2, 0) is 14.3 Å². The average Bonchev–Trinajstić information content (AvgIpc) is 3.28. The second kappa shape index (κ2) is 7.96. The first-order valence-electron chi connectivity index (χ1n) is 12.5. The molecule has 4 aliphatic rings. The molecule has 2 fully saturated rings. The van der Waals surface area contributed by atoms with E-state index in [0.717, 1.165) is 5.56 Å². The van der Waals surface area contributed by atoms with Gasteiger partial charge in [-0.05, 0) is 29.7 Å².